The summed E-state index contributed by atoms with van der Waals surface area (Å²) in [5.74, 6) is 0. The van der Waals surface area contributed by atoms with Gasteiger partial charge in [0.25, 0.3) is 10.0 Å². The summed E-state index contributed by atoms with van der Waals surface area (Å²) in [6.07, 6.45) is 0.653. The summed E-state index contributed by atoms with van der Waals surface area (Å²) >= 11 is 0. The Morgan fingerprint density at radius 1 is 1.32 bits per heavy atom. The van der Waals surface area contributed by atoms with Gasteiger partial charge in [-0.1, -0.05) is 18.2 Å². The molecular formula is C12H15N3O3S. The predicted molar refractivity (Wildman–Crippen MR) is 71.1 cm³/mol. The van der Waals surface area contributed by atoms with Gasteiger partial charge in [-0.25, -0.2) is 0 Å². The number of hydrogen-bond donors (Lipinski definition) is 2. The molecule has 0 aliphatic heterocycles. The summed E-state index contributed by atoms with van der Waals surface area (Å²) in [4.78, 5) is 0. The maximum absolute atomic E-state index is 12.2. The number of aromatic nitrogens is 2. The van der Waals surface area contributed by atoms with Gasteiger partial charge in [-0.3, -0.25) is 9.40 Å². The molecular weight excluding hydrogens is 266 g/mol. The molecule has 0 fully saturated rings. The maximum Gasteiger partial charge on any atom is 0.279 e. The van der Waals surface area contributed by atoms with E-state index in [4.69, 9.17) is 0 Å². The van der Waals surface area contributed by atoms with Crippen LogP contribution in [0.2, 0.25) is 0 Å². The number of para-hydroxylation sites is 1. The number of aryl methyl sites for hydroxylation is 1. The summed E-state index contributed by atoms with van der Waals surface area (Å²) in [5, 5.41) is 13.5. The Kier molecular flexibility index (Phi) is 3.59. The first-order chi connectivity index (χ1) is 8.92. The Bertz CT molecular complexity index is 677. The van der Waals surface area contributed by atoms with Crippen LogP contribution in [0.4, 0.5) is 5.69 Å². The fourth-order valence-corrected chi connectivity index (χ4v) is 2.99. The predicted octanol–water partition coefficient (Wildman–Crippen LogP) is 1.27. The Morgan fingerprint density at radius 3 is 2.58 bits per heavy atom. The third-order valence-corrected chi connectivity index (χ3v) is 4.15. The van der Waals surface area contributed by atoms with Crippen LogP contribution >= 0.6 is 0 Å². The minimum atomic E-state index is -3.72. The second-order valence-corrected chi connectivity index (χ2v) is 5.79. The van der Waals surface area contributed by atoms with E-state index in [1.807, 2.05) is 0 Å². The molecule has 0 aliphatic rings. The van der Waals surface area contributed by atoms with Crippen molar-refractivity contribution in [2.75, 3.05) is 4.72 Å². The van der Waals surface area contributed by atoms with Crippen molar-refractivity contribution in [3.63, 3.8) is 0 Å². The highest BCUT2D eigenvalue weighted by atomic mass is 32.2. The Balaban J connectivity index is 2.39. The molecule has 0 saturated carbocycles. The van der Waals surface area contributed by atoms with E-state index < -0.39 is 16.1 Å². The first-order valence-electron chi connectivity index (χ1n) is 5.69. The highest BCUT2D eigenvalue weighted by molar-refractivity contribution is 7.92. The molecule has 0 bridgehead atoms. The standard InChI is InChI=1S/C12H15N3O3S/c1-9(16)10-5-3-4-6-11(10)14-19(17,18)12-7-8-13-15(12)2/h3-9,14,16H,1-2H3. The number of hydrogen-bond acceptors (Lipinski definition) is 4. The molecule has 19 heavy (non-hydrogen) atoms. The first kappa shape index (κ1) is 13.6. The number of aliphatic hydroxyl groups is 1. The van der Waals surface area contributed by atoms with Gasteiger partial charge in [-0.15, -0.1) is 0 Å². The number of sulfonamides is 1. The normalized spacial score (nSPS) is 13.2. The van der Waals surface area contributed by atoms with Crippen LogP contribution in [0.3, 0.4) is 0 Å². The minimum Gasteiger partial charge on any atom is -0.389 e. The highest BCUT2D eigenvalue weighted by Gasteiger charge is 2.20. The molecule has 1 unspecified atom stereocenters. The third-order valence-electron chi connectivity index (χ3n) is 2.71. The van der Waals surface area contributed by atoms with E-state index in [1.165, 1.54) is 16.9 Å². The van der Waals surface area contributed by atoms with Crippen molar-refractivity contribution >= 4 is 15.7 Å². The SMILES string of the molecule is CC(O)c1ccccc1NS(=O)(=O)c1ccnn1C. The van der Waals surface area contributed by atoms with Gasteiger partial charge in [0.05, 0.1) is 18.0 Å². The lowest BCUT2D eigenvalue weighted by atomic mass is 10.1. The van der Waals surface area contributed by atoms with Crippen LogP contribution in [0.25, 0.3) is 0 Å². The van der Waals surface area contributed by atoms with Gasteiger partial charge in [0.2, 0.25) is 0 Å². The molecule has 0 amide bonds. The van der Waals surface area contributed by atoms with E-state index in [9.17, 15) is 13.5 Å². The quantitative estimate of drug-likeness (QED) is 0.884. The van der Waals surface area contributed by atoms with Crippen LogP contribution in [0.15, 0.2) is 41.6 Å². The largest absolute Gasteiger partial charge is 0.389 e. The van der Waals surface area contributed by atoms with Crippen molar-refractivity contribution in [1.82, 2.24) is 9.78 Å². The lowest BCUT2D eigenvalue weighted by Gasteiger charge is -2.14. The van der Waals surface area contributed by atoms with E-state index >= 15 is 0 Å². The zero-order chi connectivity index (χ0) is 14.0. The van der Waals surface area contributed by atoms with E-state index in [0.29, 0.717) is 11.3 Å². The van der Waals surface area contributed by atoms with Gasteiger partial charge in [-0.05, 0) is 19.1 Å². The lowest BCUT2D eigenvalue weighted by molar-refractivity contribution is 0.200. The van der Waals surface area contributed by atoms with Gasteiger partial charge in [-0.2, -0.15) is 13.5 Å². The molecule has 1 aromatic heterocycles. The number of nitrogens with zero attached hydrogens (tertiary/aromatic N) is 2. The Labute approximate surface area is 111 Å². The summed E-state index contributed by atoms with van der Waals surface area (Å²) in [6.45, 7) is 1.58. The van der Waals surface area contributed by atoms with Gasteiger partial charge in [0.15, 0.2) is 5.03 Å². The van der Waals surface area contributed by atoms with Crippen LogP contribution < -0.4 is 4.72 Å². The number of rotatable bonds is 4. The van der Waals surface area contributed by atoms with Gasteiger partial charge in [0, 0.05) is 12.6 Å². The molecule has 1 atom stereocenters. The zero-order valence-electron chi connectivity index (χ0n) is 10.6. The molecule has 0 spiro atoms. The summed E-state index contributed by atoms with van der Waals surface area (Å²) in [6, 6.07) is 8.13. The molecule has 2 rings (SSSR count). The number of aliphatic hydroxyl groups excluding tert-OH is 1. The van der Waals surface area contributed by atoms with Crippen LogP contribution in [-0.2, 0) is 17.1 Å². The van der Waals surface area contributed by atoms with Crippen molar-refractivity contribution in [3.05, 3.63) is 42.1 Å². The van der Waals surface area contributed by atoms with Crippen molar-refractivity contribution in [3.8, 4) is 0 Å². The molecule has 1 heterocycles. The molecule has 0 aliphatic carbocycles. The number of nitrogens with one attached hydrogen (secondary N) is 1. The molecule has 102 valence electrons. The topological polar surface area (TPSA) is 84.2 Å². The summed E-state index contributed by atoms with van der Waals surface area (Å²) in [7, 11) is -2.17. The van der Waals surface area contributed by atoms with Crippen molar-refractivity contribution < 1.29 is 13.5 Å². The average molecular weight is 281 g/mol. The second kappa shape index (κ2) is 5.02. The molecule has 2 aromatic rings. The molecule has 6 nitrogen and oxygen atoms in total. The zero-order valence-corrected chi connectivity index (χ0v) is 11.4. The van der Waals surface area contributed by atoms with Gasteiger partial charge < -0.3 is 5.11 Å². The molecule has 1 aromatic carbocycles. The van der Waals surface area contributed by atoms with E-state index in [1.54, 1.807) is 38.2 Å². The average Bonchev–Trinajstić information content (AvgIpc) is 2.76. The van der Waals surface area contributed by atoms with Crippen molar-refractivity contribution in [2.24, 2.45) is 7.05 Å². The van der Waals surface area contributed by atoms with Crippen LogP contribution in [-0.4, -0.2) is 23.3 Å². The third kappa shape index (κ3) is 2.77. The Hall–Kier alpha value is -1.86. The second-order valence-electron chi connectivity index (χ2n) is 4.16. The van der Waals surface area contributed by atoms with E-state index in [0.717, 1.165) is 0 Å². The molecule has 0 saturated heterocycles. The van der Waals surface area contributed by atoms with Gasteiger partial charge >= 0.3 is 0 Å². The van der Waals surface area contributed by atoms with Crippen molar-refractivity contribution in [1.29, 1.82) is 0 Å². The number of anilines is 1. The molecule has 7 heteroatoms. The fraction of sp³-hybridized carbons (Fsp3) is 0.250. The lowest BCUT2D eigenvalue weighted by Crippen LogP contribution is -2.17. The summed E-state index contributed by atoms with van der Waals surface area (Å²) < 4.78 is 28.1. The first-order valence-corrected chi connectivity index (χ1v) is 7.18. The minimum absolute atomic E-state index is 0.0629. The van der Waals surface area contributed by atoms with Crippen LogP contribution in [0, 0.1) is 0 Å². The fourth-order valence-electron chi connectivity index (χ4n) is 1.78. The smallest absolute Gasteiger partial charge is 0.279 e. The summed E-state index contributed by atoms with van der Waals surface area (Å²) in [5.41, 5.74) is 0.881. The van der Waals surface area contributed by atoms with Crippen LogP contribution in [0.1, 0.15) is 18.6 Å². The van der Waals surface area contributed by atoms with Crippen molar-refractivity contribution in [2.45, 2.75) is 18.1 Å². The molecule has 0 radical (unpaired) electrons. The molecule has 2 N–H and O–H groups in total. The highest BCUT2D eigenvalue weighted by Crippen LogP contribution is 2.24. The van der Waals surface area contributed by atoms with Gasteiger partial charge in [0.1, 0.15) is 0 Å². The van der Waals surface area contributed by atoms with E-state index in [-0.39, 0.29) is 5.03 Å². The maximum atomic E-state index is 12.2. The van der Waals surface area contributed by atoms with Crippen LogP contribution in [0.5, 0.6) is 0 Å². The van der Waals surface area contributed by atoms with E-state index in [2.05, 4.69) is 9.82 Å². The number of benzene rings is 1. The Morgan fingerprint density at radius 2 is 2.00 bits per heavy atom. The monoisotopic (exact) mass is 281 g/mol.